The van der Waals surface area contributed by atoms with E-state index in [0.717, 1.165) is 5.71 Å². The van der Waals surface area contributed by atoms with Crippen LogP contribution in [0.25, 0.3) is 0 Å². The molecule has 0 amide bonds. The normalized spacial score (nSPS) is 16.6. The molecule has 0 aliphatic carbocycles. The third kappa shape index (κ3) is 4.15. The quantitative estimate of drug-likeness (QED) is 0.558. The topological polar surface area (TPSA) is 38.4 Å². The van der Waals surface area contributed by atoms with Crippen LogP contribution in [-0.4, -0.2) is 17.8 Å². The number of aliphatic imine (C=N–C) groups is 1. The van der Waals surface area contributed by atoms with Crippen molar-refractivity contribution in [3.63, 3.8) is 0 Å². The van der Waals surface area contributed by atoms with E-state index in [2.05, 4.69) is 4.99 Å². The summed E-state index contributed by atoms with van der Waals surface area (Å²) in [5.41, 5.74) is 6.67. The summed E-state index contributed by atoms with van der Waals surface area (Å²) in [6.45, 7) is 7.96. The number of hydrogen-bond donors (Lipinski definition) is 1. The third-order valence-corrected chi connectivity index (χ3v) is 1.22. The summed E-state index contributed by atoms with van der Waals surface area (Å²) >= 11 is 0. The highest BCUT2D eigenvalue weighted by Crippen LogP contribution is 1.94. The molecule has 0 aromatic heterocycles. The monoisotopic (exact) mass is 128 g/mol. The van der Waals surface area contributed by atoms with Gasteiger partial charge in [0.1, 0.15) is 0 Å². The van der Waals surface area contributed by atoms with Gasteiger partial charge in [-0.05, 0) is 27.7 Å². The largest absolute Gasteiger partial charge is 0.326 e. The van der Waals surface area contributed by atoms with E-state index in [1.165, 1.54) is 0 Å². The molecule has 0 heterocycles. The molecular formula is C7H16N2. The van der Waals surface area contributed by atoms with Gasteiger partial charge < -0.3 is 5.73 Å². The van der Waals surface area contributed by atoms with Gasteiger partial charge in [0, 0.05) is 11.8 Å². The Kier molecular flexibility index (Phi) is 3.47. The molecule has 2 N–H and O–H groups in total. The summed E-state index contributed by atoms with van der Waals surface area (Å²) in [5.74, 6) is 0. The second-order valence-electron chi connectivity index (χ2n) is 2.68. The van der Waals surface area contributed by atoms with Gasteiger partial charge in [0.2, 0.25) is 0 Å². The van der Waals surface area contributed by atoms with Crippen LogP contribution in [-0.2, 0) is 0 Å². The second kappa shape index (κ2) is 3.62. The molecule has 2 unspecified atom stereocenters. The minimum absolute atomic E-state index is 0.167. The Bertz CT molecular complexity index is 101. The molecule has 0 aromatic rings. The second-order valence-corrected chi connectivity index (χ2v) is 2.68. The molecule has 0 bridgehead atoms. The summed E-state index contributed by atoms with van der Waals surface area (Å²) in [6.07, 6.45) is 0. The molecule has 0 spiro atoms. The van der Waals surface area contributed by atoms with Crippen LogP contribution < -0.4 is 5.73 Å². The number of nitrogens with zero attached hydrogens (tertiary/aromatic N) is 1. The zero-order valence-electron chi connectivity index (χ0n) is 6.68. The first-order chi connectivity index (χ1) is 4.04. The van der Waals surface area contributed by atoms with E-state index in [1.807, 2.05) is 27.7 Å². The zero-order chi connectivity index (χ0) is 7.44. The molecule has 0 rings (SSSR count). The summed E-state index contributed by atoms with van der Waals surface area (Å²) in [5, 5.41) is 0. The maximum Gasteiger partial charge on any atom is 0.0618 e. The first-order valence-corrected chi connectivity index (χ1v) is 3.30. The van der Waals surface area contributed by atoms with E-state index in [9.17, 15) is 0 Å². The number of rotatable bonds is 2. The highest BCUT2D eigenvalue weighted by molar-refractivity contribution is 5.79. The van der Waals surface area contributed by atoms with Crippen LogP contribution in [0, 0.1) is 0 Å². The first kappa shape index (κ1) is 8.63. The van der Waals surface area contributed by atoms with Crippen molar-refractivity contribution < 1.29 is 0 Å². The molecule has 54 valence electrons. The first-order valence-electron chi connectivity index (χ1n) is 3.30. The van der Waals surface area contributed by atoms with Gasteiger partial charge in [-0.1, -0.05) is 0 Å². The number of nitrogens with two attached hydrogens (primary N) is 1. The average Bonchev–Trinajstić information content (AvgIpc) is 1.63. The summed E-state index contributed by atoms with van der Waals surface area (Å²) in [6, 6.07) is 0.426. The van der Waals surface area contributed by atoms with Crippen LogP contribution in [0.3, 0.4) is 0 Å². The van der Waals surface area contributed by atoms with Gasteiger partial charge in [0.15, 0.2) is 0 Å². The van der Waals surface area contributed by atoms with Crippen molar-refractivity contribution in [2.45, 2.75) is 39.8 Å². The van der Waals surface area contributed by atoms with Crippen molar-refractivity contribution in [2.75, 3.05) is 0 Å². The van der Waals surface area contributed by atoms with Crippen molar-refractivity contribution in [3.05, 3.63) is 0 Å². The molecule has 0 radical (unpaired) electrons. The molecule has 2 atom stereocenters. The van der Waals surface area contributed by atoms with Gasteiger partial charge in [-0.15, -0.1) is 0 Å². The molecule has 0 aliphatic heterocycles. The van der Waals surface area contributed by atoms with E-state index < -0.39 is 0 Å². The van der Waals surface area contributed by atoms with E-state index in [1.54, 1.807) is 0 Å². The SMILES string of the molecule is CC(C)=NC(C)C(C)N. The van der Waals surface area contributed by atoms with Gasteiger partial charge in [-0.25, -0.2) is 0 Å². The van der Waals surface area contributed by atoms with Crippen LogP contribution in [0.1, 0.15) is 27.7 Å². The fourth-order valence-electron chi connectivity index (χ4n) is 0.525. The van der Waals surface area contributed by atoms with Crippen LogP contribution in [0.2, 0.25) is 0 Å². The molecule has 0 saturated heterocycles. The Morgan fingerprint density at radius 1 is 1.33 bits per heavy atom. The number of hydrogen-bond acceptors (Lipinski definition) is 2. The molecular weight excluding hydrogens is 112 g/mol. The zero-order valence-corrected chi connectivity index (χ0v) is 6.68. The Labute approximate surface area is 57.2 Å². The molecule has 2 heteroatoms. The fourth-order valence-corrected chi connectivity index (χ4v) is 0.525. The molecule has 2 nitrogen and oxygen atoms in total. The highest BCUT2D eigenvalue weighted by atomic mass is 14.8. The predicted octanol–water partition coefficient (Wildman–Crippen LogP) is 1.20. The van der Waals surface area contributed by atoms with Gasteiger partial charge in [0.25, 0.3) is 0 Å². The lowest BCUT2D eigenvalue weighted by Crippen LogP contribution is -2.27. The maximum absolute atomic E-state index is 5.58. The minimum Gasteiger partial charge on any atom is -0.326 e. The van der Waals surface area contributed by atoms with E-state index in [4.69, 9.17) is 5.73 Å². The third-order valence-electron chi connectivity index (χ3n) is 1.22. The molecule has 9 heavy (non-hydrogen) atoms. The van der Waals surface area contributed by atoms with Crippen molar-refractivity contribution >= 4 is 5.71 Å². The van der Waals surface area contributed by atoms with E-state index in [0.29, 0.717) is 0 Å². The van der Waals surface area contributed by atoms with Crippen molar-refractivity contribution in [1.82, 2.24) is 0 Å². The van der Waals surface area contributed by atoms with Crippen molar-refractivity contribution in [2.24, 2.45) is 10.7 Å². The minimum atomic E-state index is 0.167. The van der Waals surface area contributed by atoms with Gasteiger partial charge in [-0.3, -0.25) is 4.99 Å². The fraction of sp³-hybridized carbons (Fsp3) is 0.857. The summed E-state index contributed by atoms with van der Waals surface area (Å²) in [4.78, 5) is 4.27. The standard InChI is InChI=1S/C7H16N2/c1-5(2)9-7(4)6(3)8/h6-7H,8H2,1-4H3. The lowest BCUT2D eigenvalue weighted by Gasteiger charge is -2.09. The van der Waals surface area contributed by atoms with E-state index in [-0.39, 0.29) is 12.1 Å². The molecule has 0 aromatic carbocycles. The van der Waals surface area contributed by atoms with Crippen molar-refractivity contribution in [1.29, 1.82) is 0 Å². The van der Waals surface area contributed by atoms with Gasteiger partial charge in [0.05, 0.1) is 6.04 Å². The van der Waals surface area contributed by atoms with E-state index >= 15 is 0 Å². The Hall–Kier alpha value is -0.370. The lowest BCUT2D eigenvalue weighted by atomic mass is 10.2. The predicted molar refractivity (Wildman–Crippen MR) is 41.9 cm³/mol. The Morgan fingerprint density at radius 3 is 1.89 bits per heavy atom. The highest BCUT2D eigenvalue weighted by Gasteiger charge is 2.02. The van der Waals surface area contributed by atoms with Crippen LogP contribution in [0.5, 0.6) is 0 Å². The van der Waals surface area contributed by atoms with Gasteiger partial charge in [-0.2, -0.15) is 0 Å². The van der Waals surface area contributed by atoms with Crippen LogP contribution >= 0.6 is 0 Å². The summed E-state index contributed by atoms with van der Waals surface area (Å²) < 4.78 is 0. The molecule has 0 aliphatic rings. The van der Waals surface area contributed by atoms with Crippen LogP contribution in [0.15, 0.2) is 4.99 Å². The maximum atomic E-state index is 5.58. The lowest BCUT2D eigenvalue weighted by molar-refractivity contribution is 0.605. The Balaban J connectivity index is 3.76. The molecule has 0 fully saturated rings. The molecule has 0 saturated carbocycles. The van der Waals surface area contributed by atoms with Crippen LogP contribution in [0.4, 0.5) is 0 Å². The van der Waals surface area contributed by atoms with Gasteiger partial charge >= 0.3 is 0 Å². The smallest absolute Gasteiger partial charge is 0.0618 e. The summed E-state index contributed by atoms with van der Waals surface area (Å²) in [7, 11) is 0. The Morgan fingerprint density at radius 2 is 1.78 bits per heavy atom. The van der Waals surface area contributed by atoms with Crippen molar-refractivity contribution in [3.8, 4) is 0 Å². The average molecular weight is 128 g/mol.